The van der Waals surface area contributed by atoms with Gasteiger partial charge in [-0.15, -0.1) is 11.3 Å². The molecule has 0 spiro atoms. The minimum Gasteiger partial charge on any atom is -0.388 e. The van der Waals surface area contributed by atoms with Gasteiger partial charge in [0.2, 0.25) is 0 Å². The topological polar surface area (TPSA) is 118 Å². The van der Waals surface area contributed by atoms with Crippen molar-refractivity contribution in [1.29, 1.82) is 0 Å². The summed E-state index contributed by atoms with van der Waals surface area (Å²) in [6.07, 6.45) is -3.74. The largest absolute Gasteiger partial charge is 0.388 e. The number of ether oxygens (including phenoxy) is 3. The molecule has 0 bridgehead atoms. The van der Waals surface area contributed by atoms with Gasteiger partial charge in [0, 0.05) is 11.6 Å². The second-order valence-electron chi connectivity index (χ2n) is 8.78. The van der Waals surface area contributed by atoms with Gasteiger partial charge in [0.1, 0.15) is 35.8 Å². The molecule has 2 aliphatic rings. The number of halogens is 1. The quantitative estimate of drug-likeness (QED) is 0.444. The van der Waals surface area contributed by atoms with Crippen LogP contribution in [0.4, 0.5) is 4.39 Å². The number of aliphatic hydroxyl groups excluding tert-OH is 1. The first-order valence-electron chi connectivity index (χ1n) is 11.3. The summed E-state index contributed by atoms with van der Waals surface area (Å²) < 4.78 is 35.2. The van der Waals surface area contributed by atoms with Gasteiger partial charge < -0.3 is 25.1 Å². The monoisotopic (exact) mass is 497 g/mol. The lowest BCUT2D eigenvalue weighted by atomic mass is 9.92. The Morgan fingerprint density at radius 1 is 1.14 bits per heavy atom. The average Bonchev–Trinajstić information content (AvgIpc) is 3.43. The molecule has 2 saturated heterocycles. The summed E-state index contributed by atoms with van der Waals surface area (Å²) in [6.45, 7) is 3.78. The average molecular weight is 498 g/mol. The zero-order chi connectivity index (χ0) is 24.3. The van der Waals surface area contributed by atoms with Crippen molar-refractivity contribution in [3.05, 3.63) is 70.5 Å². The molecule has 4 heterocycles. The molecule has 182 valence electrons. The fourth-order valence-electron chi connectivity index (χ4n) is 4.68. The number of thiazole rings is 1. The Labute approximate surface area is 204 Å². The normalized spacial score (nSPS) is 28.8. The lowest BCUT2D eigenvalue weighted by molar-refractivity contribution is -0.309. The minimum absolute atomic E-state index is 0.231. The van der Waals surface area contributed by atoms with Crippen LogP contribution in [0.3, 0.4) is 0 Å². The third-order valence-corrected chi connectivity index (χ3v) is 7.23. The first-order chi connectivity index (χ1) is 16.9. The highest BCUT2D eigenvalue weighted by Gasteiger charge is 2.49. The minimum atomic E-state index is -1.13. The van der Waals surface area contributed by atoms with Crippen LogP contribution in [0.2, 0.25) is 0 Å². The predicted molar refractivity (Wildman–Crippen MR) is 126 cm³/mol. The van der Waals surface area contributed by atoms with Crippen LogP contribution in [0.15, 0.2) is 42.5 Å². The first-order valence-corrected chi connectivity index (χ1v) is 12.1. The van der Waals surface area contributed by atoms with Crippen molar-refractivity contribution in [3.8, 4) is 5.69 Å². The highest BCUT2D eigenvalue weighted by molar-refractivity contribution is 7.18. The third kappa shape index (κ3) is 3.94. The van der Waals surface area contributed by atoms with Crippen molar-refractivity contribution in [1.82, 2.24) is 19.7 Å². The van der Waals surface area contributed by atoms with E-state index in [4.69, 9.17) is 19.9 Å². The van der Waals surface area contributed by atoms with Crippen molar-refractivity contribution >= 4 is 21.6 Å². The Morgan fingerprint density at radius 3 is 2.74 bits per heavy atom. The van der Waals surface area contributed by atoms with E-state index in [1.165, 1.54) is 22.1 Å². The second-order valence-corrected chi connectivity index (χ2v) is 10.0. The molecule has 2 fully saturated rings. The molecule has 0 amide bonds. The Balaban J connectivity index is 1.31. The Morgan fingerprint density at radius 2 is 1.94 bits per heavy atom. The fourth-order valence-corrected chi connectivity index (χ4v) is 5.55. The number of hydrogen-bond acceptors (Lipinski definition) is 9. The van der Waals surface area contributed by atoms with E-state index in [9.17, 15) is 9.50 Å². The van der Waals surface area contributed by atoms with E-state index >= 15 is 0 Å². The van der Waals surface area contributed by atoms with Gasteiger partial charge in [-0.2, -0.15) is 5.10 Å². The Hall–Kier alpha value is -2.80. The molecule has 4 aromatic rings. The van der Waals surface area contributed by atoms with Crippen molar-refractivity contribution in [2.45, 2.75) is 50.6 Å². The van der Waals surface area contributed by atoms with E-state index in [1.807, 2.05) is 37.3 Å². The van der Waals surface area contributed by atoms with Gasteiger partial charge in [0.15, 0.2) is 17.9 Å². The van der Waals surface area contributed by atoms with Gasteiger partial charge in [0.05, 0.1) is 28.0 Å². The number of rotatable bonds is 3. The molecule has 2 aromatic carbocycles. The highest BCUT2D eigenvalue weighted by Crippen LogP contribution is 2.38. The number of hydrogen-bond donors (Lipinski definition) is 2. The molecule has 11 heteroatoms. The molecule has 6 atom stereocenters. The summed E-state index contributed by atoms with van der Waals surface area (Å²) in [4.78, 5) is 8.75. The van der Waals surface area contributed by atoms with E-state index in [2.05, 4.69) is 15.1 Å². The zero-order valence-corrected chi connectivity index (χ0v) is 19.9. The van der Waals surface area contributed by atoms with E-state index in [1.54, 1.807) is 13.0 Å². The van der Waals surface area contributed by atoms with Gasteiger partial charge in [0.25, 0.3) is 0 Å². The molecule has 35 heavy (non-hydrogen) atoms. The first kappa shape index (κ1) is 22.7. The Kier molecular flexibility index (Phi) is 5.63. The van der Waals surface area contributed by atoms with Crippen LogP contribution in [-0.2, 0) is 14.2 Å². The van der Waals surface area contributed by atoms with Gasteiger partial charge >= 0.3 is 0 Å². The lowest BCUT2D eigenvalue weighted by Gasteiger charge is -2.46. The number of benzene rings is 2. The smallest absolute Gasteiger partial charge is 0.184 e. The number of aliphatic hydroxyl groups is 1. The molecule has 0 aliphatic carbocycles. The predicted octanol–water partition coefficient (Wildman–Crippen LogP) is 2.88. The van der Waals surface area contributed by atoms with Crippen molar-refractivity contribution in [3.63, 3.8) is 0 Å². The second kappa shape index (κ2) is 8.70. The van der Waals surface area contributed by atoms with Crippen LogP contribution >= 0.6 is 11.3 Å². The van der Waals surface area contributed by atoms with Crippen LogP contribution in [0.25, 0.3) is 15.9 Å². The summed E-state index contributed by atoms with van der Waals surface area (Å²) in [7, 11) is 0. The number of nitrogens with two attached hydrogens (primary N) is 1. The fraction of sp³-hybridized carbons (Fsp3) is 0.375. The third-order valence-electron chi connectivity index (χ3n) is 6.31. The Bertz CT molecular complexity index is 1380. The molecule has 0 saturated carbocycles. The van der Waals surface area contributed by atoms with Crippen molar-refractivity contribution in [2.75, 3.05) is 6.61 Å². The van der Waals surface area contributed by atoms with Gasteiger partial charge in [-0.05, 0) is 19.9 Å². The number of aryl methyl sites for hydroxylation is 2. The van der Waals surface area contributed by atoms with Gasteiger partial charge in [-0.3, -0.25) is 0 Å². The standard InChI is InChI=1S/C24H24FN5O4S/c1-11-27-23(30(29-11)14-8-15(25)19-17(9-14)35-12(2)28-19)22-20(31)18(26)21-16(33-22)10-32-24(34-21)13-6-4-3-5-7-13/h3-9,16,18,20-22,24,31H,10,26H2,1-2H3/t16-,18-,20-,21+,22-,24?/m1/s1. The molecule has 9 nitrogen and oxygen atoms in total. The molecule has 1 unspecified atom stereocenters. The molecule has 0 radical (unpaired) electrons. The number of fused-ring (bicyclic) bond motifs is 2. The summed E-state index contributed by atoms with van der Waals surface area (Å²) in [5.41, 5.74) is 8.10. The van der Waals surface area contributed by atoms with Crippen LogP contribution in [0.1, 0.15) is 34.6 Å². The molecule has 2 aliphatic heterocycles. The van der Waals surface area contributed by atoms with E-state index < -0.39 is 42.6 Å². The number of aromatic nitrogens is 4. The van der Waals surface area contributed by atoms with Crippen LogP contribution in [0.5, 0.6) is 0 Å². The number of nitrogens with zero attached hydrogens (tertiary/aromatic N) is 4. The summed E-state index contributed by atoms with van der Waals surface area (Å²) in [6, 6.07) is 11.9. The summed E-state index contributed by atoms with van der Waals surface area (Å²) >= 11 is 1.39. The lowest BCUT2D eigenvalue weighted by Crippen LogP contribution is -2.62. The molecular weight excluding hydrogens is 473 g/mol. The maximum absolute atomic E-state index is 14.8. The maximum Gasteiger partial charge on any atom is 0.184 e. The SMILES string of the molecule is Cc1nc([C@@H]2O[C@@H]3COC(c4ccccc4)O[C@@H]3[C@H](N)[C@H]2O)n(-c2cc(F)c3nc(C)sc3c2)n1. The summed E-state index contributed by atoms with van der Waals surface area (Å²) in [5, 5.41) is 16.4. The maximum atomic E-state index is 14.8. The van der Waals surface area contributed by atoms with Crippen LogP contribution in [0, 0.1) is 19.7 Å². The van der Waals surface area contributed by atoms with Crippen molar-refractivity contribution in [2.24, 2.45) is 5.73 Å². The van der Waals surface area contributed by atoms with Crippen LogP contribution in [-0.4, -0.2) is 55.8 Å². The van der Waals surface area contributed by atoms with Crippen molar-refractivity contribution < 1.29 is 23.7 Å². The molecule has 6 rings (SSSR count). The van der Waals surface area contributed by atoms with Gasteiger partial charge in [-0.25, -0.2) is 19.0 Å². The molecular formula is C24H24FN5O4S. The zero-order valence-electron chi connectivity index (χ0n) is 19.0. The van der Waals surface area contributed by atoms with E-state index in [0.717, 1.165) is 10.6 Å². The molecule has 2 aromatic heterocycles. The highest BCUT2D eigenvalue weighted by atomic mass is 32.1. The van der Waals surface area contributed by atoms with E-state index in [0.29, 0.717) is 27.6 Å². The molecule has 3 N–H and O–H groups in total. The summed E-state index contributed by atoms with van der Waals surface area (Å²) in [5.74, 6) is 0.325. The van der Waals surface area contributed by atoms with E-state index in [-0.39, 0.29) is 6.61 Å². The van der Waals surface area contributed by atoms with Gasteiger partial charge in [-0.1, -0.05) is 30.3 Å². The van der Waals surface area contributed by atoms with Crippen LogP contribution < -0.4 is 5.73 Å².